The molecule has 0 saturated carbocycles. The Morgan fingerprint density at radius 1 is 1.55 bits per heavy atom. The molecule has 0 radical (unpaired) electrons. The fourth-order valence-electron chi connectivity index (χ4n) is 1.67. The Balaban J connectivity index is 2.84. The minimum atomic E-state index is 0.503. The Bertz CT molecular complexity index is 211. The first-order valence-corrected chi connectivity index (χ1v) is 4.27. The number of hydrogen-bond acceptors (Lipinski definition) is 1. The summed E-state index contributed by atoms with van der Waals surface area (Å²) in [5.74, 6) is 0.503. The normalized spacial score (nSPS) is 25.4. The van der Waals surface area contributed by atoms with Crippen molar-refractivity contribution in [2.75, 3.05) is 0 Å². The standard InChI is InChI=1S/C10H17N/c1-4-9-6-7(2)5-8(3)10(9)11/h6,9H,4-5,11H2,1-3H3. The van der Waals surface area contributed by atoms with Crippen molar-refractivity contribution in [3.8, 4) is 0 Å². The predicted octanol–water partition coefficient (Wildman–Crippen LogP) is 2.60. The average Bonchev–Trinajstić information content (AvgIpc) is 1.96. The summed E-state index contributed by atoms with van der Waals surface area (Å²) in [6.45, 7) is 6.49. The molecule has 0 aromatic carbocycles. The molecule has 0 aromatic heterocycles. The zero-order chi connectivity index (χ0) is 8.43. The summed E-state index contributed by atoms with van der Waals surface area (Å²) in [5, 5.41) is 0. The van der Waals surface area contributed by atoms with Gasteiger partial charge in [0.1, 0.15) is 0 Å². The van der Waals surface area contributed by atoms with Crippen LogP contribution in [0.1, 0.15) is 33.6 Å². The summed E-state index contributed by atoms with van der Waals surface area (Å²) in [5.41, 5.74) is 9.85. The maximum Gasteiger partial charge on any atom is 0.0164 e. The number of rotatable bonds is 1. The van der Waals surface area contributed by atoms with E-state index in [1.165, 1.54) is 11.1 Å². The van der Waals surface area contributed by atoms with Gasteiger partial charge in [-0.2, -0.15) is 0 Å². The van der Waals surface area contributed by atoms with Gasteiger partial charge < -0.3 is 5.73 Å². The second-order valence-corrected chi connectivity index (χ2v) is 3.44. The maximum absolute atomic E-state index is 5.93. The molecular weight excluding hydrogens is 134 g/mol. The van der Waals surface area contributed by atoms with Gasteiger partial charge in [-0.05, 0) is 32.3 Å². The van der Waals surface area contributed by atoms with E-state index in [0.717, 1.165) is 18.5 Å². The number of nitrogens with two attached hydrogens (primary N) is 1. The zero-order valence-electron chi connectivity index (χ0n) is 7.65. The molecule has 1 aliphatic rings. The van der Waals surface area contributed by atoms with E-state index in [2.05, 4.69) is 26.8 Å². The predicted molar refractivity (Wildman–Crippen MR) is 49.0 cm³/mol. The Morgan fingerprint density at radius 3 is 2.73 bits per heavy atom. The molecule has 1 nitrogen and oxygen atoms in total. The summed E-state index contributed by atoms with van der Waals surface area (Å²) in [6.07, 6.45) is 4.49. The summed E-state index contributed by atoms with van der Waals surface area (Å²) in [6, 6.07) is 0. The van der Waals surface area contributed by atoms with Crippen molar-refractivity contribution in [3.05, 3.63) is 22.9 Å². The lowest BCUT2D eigenvalue weighted by atomic mass is 9.88. The lowest BCUT2D eigenvalue weighted by Crippen LogP contribution is -2.15. The summed E-state index contributed by atoms with van der Waals surface area (Å²) >= 11 is 0. The van der Waals surface area contributed by atoms with Gasteiger partial charge in [-0.3, -0.25) is 0 Å². The van der Waals surface area contributed by atoms with Crippen LogP contribution in [-0.4, -0.2) is 0 Å². The highest BCUT2D eigenvalue weighted by molar-refractivity contribution is 5.28. The summed E-state index contributed by atoms with van der Waals surface area (Å²) < 4.78 is 0. The quantitative estimate of drug-likeness (QED) is 0.573. The van der Waals surface area contributed by atoms with Crippen molar-refractivity contribution in [2.24, 2.45) is 11.7 Å². The highest BCUT2D eigenvalue weighted by atomic mass is 14.6. The molecule has 1 atom stereocenters. The van der Waals surface area contributed by atoms with Gasteiger partial charge in [0.2, 0.25) is 0 Å². The van der Waals surface area contributed by atoms with Gasteiger partial charge in [0, 0.05) is 11.6 Å². The number of allylic oxidation sites excluding steroid dienone is 3. The maximum atomic E-state index is 5.93. The third-order valence-corrected chi connectivity index (χ3v) is 2.36. The molecule has 11 heavy (non-hydrogen) atoms. The van der Waals surface area contributed by atoms with E-state index >= 15 is 0 Å². The largest absolute Gasteiger partial charge is 0.402 e. The van der Waals surface area contributed by atoms with Gasteiger partial charge in [0.05, 0.1) is 0 Å². The smallest absolute Gasteiger partial charge is 0.0164 e. The molecule has 2 N–H and O–H groups in total. The van der Waals surface area contributed by atoms with E-state index in [-0.39, 0.29) is 0 Å². The van der Waals surface area contributed by atoms with E-state index < -0.39 is 0 Å². The van der Waals surface area contributed by atoms with Crippen LogP contribution < -0.4 is 5.73 Å². The molecule has 1 rings (SSSR count). The molecule has 0 amide bonds. The Kier molecular flexibility index (Phi) is 2.38. The van der Waals surface area contributed by atoms with E-state index in [0.29, 0.717) is 5.92 Å². The van der Waals surface area contributed by atoms with Gasteiger partial charge in [-0.25, -0.2) is 0 Å². The van der Waals surface area contributed by atoms with Crippen LogP contribution in [0.5, 0.6) is 0 Å². The molecule has 0 aromatic rings. The van der Waals surface area contributed by atoms with Gasteiger partial charge in [-0.15, -0.1) is 0 Å². The van der Waals surface area contributed by atoms with Crippen LogP contribution >= 0.6 is 0 Å². The molecular formula is C10H17N. The van der Waals surface area contributed by atoms with Crippen LogP contribution in [0.25, 0.3) is 0 Å². The molecule has 1 heteroatoms. The molecule has 0 saturated heterocycles. The van der Waals surface area contributed by atoms with Crippen LogP contribution in [0.3, 0.4) is 0 Å². The summed E-state index contributed by atoms with van der Waals surface area (Å²) in [7, 11) is 0. The SMILES string of the molecule is CCC1C=C(C)CC(C)=C1N. The van der Waals surface area contributed by atoms with Crippen LogP contribution in [0.4, 0.5) is 0 Å². The van der Waals surface area contributed by atoms with Crippen molar-refractivity contribution in [1.82, 2.24) is 0 Å². The molecule has 1 aliphatic carbocycles. The summed E-state index contributed by atoms with van der Waals surface area (Å²) in [4.78, 5) is 0. The molecule has 0 heterocycles. The molecule has 62 valence electrons. The van der Waals surface area contributed by atoms with Crippen LogP contribution in [-0.2, 0) is 0 Å². The van der Waals surface area contributed by atoms with Gasteiger partial charge in [-0.1, -0.05) is 18.6 Å². The molecule has 0 bridgehead atoms. The second-order valence-electron chi connectivity index (χ2n) is 3.44. The lowest BCUT2D eigenvalue weighted by Gasteiger charge is -2.21. The van der Waals surface area contributed by atoms with Crippen molar-refractivity contribution in [1.29, 1.82) is 0 Å². The molecule has 0 fully saturated rings. The first-order chi connectivity index (χ1) is 5.15. The van der Waals surface area contributed by atoms with Gasteiger partial charge in [0.25, 0.3) is 0 Å². The molecule has 1 unspecified atom stereocenters. The third-order valence-electron chi connectivity index (χ3n) is 2.36. The fraction of sp³-hybridized carbons (Fsp3) is 0.600. The lowest BCUT2D eigenvalue weighted by molar-refractivity contribution is 0.679. The number of hydrogen-bond donors (Lipinski definition) is 1. The zero-order valence-corrected chi connectivity index (χ0v) is 7.65. The first-order valence-electron chi connectivity index (χ1n) is 4.27. The van der Waals surface area contributed by atoms with Crippen LogP contribution in [0.2, 0.25) is 0 Å². The van der Waals surface area contributed by atoms with Crippen LogP contribution in [0.15, 0.2) is 22.9 Å². The van der Waals surface area contributed by atoms with Crippen molar-refractivity contribution in [2.45, 2.75) is 33.6 Å². The minimum Gasteiger partial charge on any atom is -0.402 e. The Labute approximate surface area is 69.0 Å². The topological polar surface area (TPSA) is 26.0 Å². The van der Waals surface area contributed by atoms with E-state index in [4.69, 9.17) is 5.73 Å². The third kappa shape index (κ3) is 1.65. The highest BCUT2D eigenvalue weighted by Gasteiger charge is 2.14. The highest BCUT2D eigenvalue weighted by Crippen LogP contribution is 2.27. The minimum absolute atomic E-state index is 0.503. The molecule has 0 aliphatic heterocycles. The van der Waals surface area contributed by atoms with E-state index in [1.807, 2.05) is 0 Å². The van der Waals surface area contributed by atoms with Gasteiger partial charge >= 0.3 is 0 Å². The average molecular weight is 151 g/mol. The molecule has 0 spiro atoms. The first kappa shape index (κ1) is 8.38. The monoisotopic (exact) mass is 151 g/mol. The Morgan fingerprint density at radius 2 is 2.18 bits per heavy atom. The Hall–Kier alpha value is -0.720. The van der Waals surface area contributed by atoms with E-state index in [9.17, 15) is 0 Å². The van der Waals surface area contributed by atoms with Crippen molar-refractivity contribution >= 4 is 0 Å². The van der Waals surface area contributed by atoms with Crippen LogP contribution in [0, 0.1) is 5.92 Å². The second kappa shape index (κ2) is 3.12. The van der Waals surface area contributed by atoms with Crippen molar-refractivity contribution < 1.29 is 0 Å². The van der Waals surface area contributed by atoms with Crippen molar-refractivity contribution in [3.63, 3.8) is 0 Å². The fourth-order valence-corrected chi connectivity index (χ4v) is 1.67. The van der Waals surface area contributed by atoms with E-state index in [1.54, 1.807) is 0 Å². The van der Waals surface area contributed by atoms with Gasteiger partial charge in [0.15, 0.2) is 0 Å².